The van der Waals surface area contributed by atoms with Crippen molar-refractivity contribution in [3.05, 3.63) is 144 Å². The van der Waals surface area contributed by atoms with Crippen LogP contribution in [0.25, 0.3) is 22.3 Å². The summed E-state index contributed by atoms with van der Waals surface area (Å²) in [6, 6.07) is 45.5. The summed E-state index contributed by atoms with van der Waals surface area (Å²) >= 11 is 0. The molecule has 6 atom stereocenters. The molecule has 7 rings (SSSR count). The van der Waals surface area contributed by atoms with E-state index >= 15 is 0 Å². The molecule has 5 aromatic rings. The number of ether oxygens (including phenoxy) is 2. The minimum atomic E-state index is -1.86. The first-order chi connectivity index (χ1) is 65.3. The Balaban J connectivity index is 0. The summed E-state index contributed by atoms with van der Waals surface area (Å²) in [6.45, 7) is 77.4. The van der Waals surface area contributed by atoms with Crippen molar-refractivity contribution in [3.8, 4) is 22.3 Å². The van der Waals surface area contributed by atoms with Crippen LogP contribution in [0.3, 0.4) is 0 Å². The third-order valence-corrected chi connectivity index (χ3v) is 35.2. The second-order valence-electron chi connectivity index (χ2n) is 44.5. The largest absolute Gasteiger partial charge is 0.436 e. The van der Waals surface area contributed by atoms with Gasteiger partial charge >= 0.3 is 8.56 Å². The minimum absolute atomic E-state index is 0.602. The van der Waals surface area contributed by atoms with E-state index in [1.165, 1.54) is 383 Å². The fourth-order valence-corrected chi connectivity index (χ4v) is 25.8. The van der Waals surface area contributed by atoms with E-state index in [0.717, 1.165) is 99.6 Å². The molecule has 0 aromatic heterocycles. The molecule has 2 aliphatic rings. The predicted octanol–water partition coefficient (Wildman–Crippen LogP) is 42.6. The molecule has 5 aromatic carbocycles. The molecular weight excluding hydrogens is 1690 g/mol. The van der Waals surface area contributed by atoms with Gasteiger partial charge in [-0.15, -0.1) is 0 Å². The summed E-state index contributed by atoms with van der Waals surface area (Å²) < 4.78 is 22.9. The van der Waals surface area contributed by atoms with E-state index in [1.54, 1.807) is 0 Å². The second-order valence-corrected chi connectivity index (χ2v) is 52.4. The van der Waals surface area contributed by atoms with Crippen LogP contribution in [-0.4, -0.2) is 76.1 Å². The van der Waals surface area contributed by atoms with E-state index in [4.69, 9.17) is 18.0 Å². The number of benzene rings is 5. The smallest absolute Gasteiger partial charge is 0.321 e. The zero-order valence-electron chi connectivity index (χ0n) is 96.9. The Morgan fingerprint density at radius 3 is 0.993 bits per heavy atom. The van der Waals surface area contributed by atoms with Gasteiger partial charge in [0, 0.05) is 57.4 Å². The molecule has 0 spiro atoms. The highest BCUT2D eigenvalue weighted by molar-refractivity contribution is 6.82. The first-order valence-electron chi connectivity index (χ1n) is 58.6. The van der Waals surface area contributed by atoms with Gasteiger partial charge in [-0.1, -0.05) is 522 Å². The van der Waals surface area contributed by atoms with Crippen molar-refractivity contribution in [2.24, 2.45) is 52.8 Å². The second kappa shape index (κ2) is 89.8. The number of aryl methyl sites for hydroxylation is 4. The van der Waals surface area contributed by atoms with E-state index in [-0.39, 0.29) is 0 Å². The molecule has 790 valence electrons. The molecule has 0 saturated carbocycles. The van der Waals surface area contributed by atoms with Crippen molar-refractivity contribution in [1.82, 2.24) is 0 Å². The number of hydrogen-bond acceptors (Lipinski definition) is 6. The molecular formula is C128H236N2O4Si2. The minimum Gasteiger partial charge on any atom is -0.436 e. The molecule has 2 saturated heterocycles. The number of anilines is 2. The van der Waals surface area contributed by atoms with Crippen LogP contribution in [0.15, 0.2) is 121 Å². The van der Waals surface area contributed by atoms with Gasteiger partial charge < -0.3 is 27.8 Å². The van der Waals surface area contributed by atoms with Crippen LogP contribution in [-0.2, 0) is 18.0 Å². The quantitative estimate of drug-likeness (QED) is 0.0286. The highest BCUT2D eigenvalue weighted by Gasteiger charge is 2.34. The number of piperidine rings is 2. The maximum Gasteiger partial charge on any atom is 0.321 e. The Labute approximate surface area is 855 Å². The zero-order chi connectivity index (χ0) is 102. The lowest BCUT2D eigenvalue weighted by Gasteiger charge is -2.35. The van der Waals surface area contributed by atoms with E-state index in [1.807, 2.05) is 0 Å². The Morgan fingerprint density at radius 2 is 0.618 bits per heavy atom. The highest BCUT2D eigenvalue weighted by Crippen LogP contribution is 2.34. The van der Waals surface area contributed by atoms with Gasteiger partial charge in [0.1, 0.15) is 0 Å². The monoisotopic (exact) mass is 1920 g/mol. The SMILES string of the molecule is CCCC(C)CCC(C)CC.CCCCC(C)CCC(C)CC.CCCCCC(C)(C)CCCC.CCCCCCC(C)CCC.CCCCCCC(C)CCCCC.CCCCOCCOCCCC.CCCCO[Si](C)(C)O[Si](C)(C)CCCC.Cc1ccc(-c2cccc(-c3ccc(C)cc3)c2)cc1.Cc1ccc(N2CCC(CCCC3CCN(c4ccc(C)cc4)CC3)CC2)cc1. The Bertz CT molecular complexity index is 3160. The van der Waals surface area contributed by atoms with Crippen molar-refractivity contribution in [2.45, 2.75) is 527 Å². The van der Waals surface area contributed by atoms with Gasteiger partial charge in [-0.2, -0.15) is 0 Å². The Morgan fingerprint density at radius 1 is 0.301 bits per heavy atom. The fraction of sp³-hybridized carbons (Fsp3) is 0.766. The lowest BCUT2D eigenvalue weighted by Crippen LogP contribution is -2.46. The molecule has 2 fully saturated rings. The lowest BCUT2D eigenvalue weighted by atomic mass is 9.82. The first-order valence-corrected chi connectivity index (χ1v) is 64.6. The molecule has 0 radical (unpaired) electrons. The normalized spacial score (nSPS) is 14.2. The van der Waals surface area contributed by atoms with E-state index in [2.05, 4.69) is 337 Å². The first kappa shape index (κ1) is 134. The number of rotatable bonds is 62. The van der Waals surface area contributed by atoms with Gasteiger partial charge in [0.25, 0.3) is 0 Å². The van der Waals surface area contributed by atoms with Crippen LogP contribution < -0.4 is 9.80 Å². The van der Waals surface area contributed by atoms with E-state index in [0.29, 0.717) is 5.41 Å². The molecule has 0 amide bonds. The van der Waals surface area contributed by atoms with Crippen LogP contribution in [0.2, 0.25) is 32.2 Å². The Hall–Kier alpha value is -4.03. The van der Waals surface area contributed by atoms with Crippen molar-refractivity contribution in [1.29, 1.82) is 0 Å². The average molecular weight is 1920 g/mol. The van der Waals surface area contributed by atoms with Gasteiger partial charge in [-0.3, -0.25) is 0 Å². The number of hydrogen-bond donors (Lipinski definition) is 0. The maximum atomic E-state index is 6.33. The van der Waals surface area contributed by atoms with Crippen LogP contribution in [0.4, 0.5) is 11.4 Å². The molecule has 6 nitrogen and oxygen atoms in total. The van der Waals surface area contributed by atoms with Crippen molar-refractivity contribution in [2.75, 3.05) is 69.0 Å². The number of nitrogens with zero attached hydrogens (tertiary/aromatic N) is 2. The van der Waals surface area contributed by atoms with Gasteiger partial charge in [-0.25, -0.2) is 0 Å². The fourth-order valence-electron chi connectivity index (χ4n) is 18.0. The van der Waals surface area contributed by atoms with Crippen molar-refractivity contribution in [3.63, 3.8) is 0 Å². The molecule has 6 unspecified atom stereocenters. The molecule has 0 bridgehead atoms. The van der Waals surface area contributed by atoms with Gasteiger partial charge in [0.15, 0.2) is 8.32 Å². The van der Waals surface area contributed by atoms with Crippen LogP contribution in [0.1, 0.15) is 489 Å². The highest BCUT2D eigenvalue weighted by atomic mass is 28.4. The average Bonchev–Trinajstić information content (AvgIpc) is 0.834. The number of unbranched alkanes of at least 4 members (excludes halogenated alkanes) is 16. The van der Waals surface area contributed by atoms with Crippen molar-refractivity contribution >= 4 is 28.3 Å². The molecule has 2 aliphatic heterocycles. The summed E-state index contributed by atoms with van der Waals surface area (Å²) in [5.74, 6) is 7.63. The van der Waals surface area contributed by atoms with Gasteiger partial charge in [0.05, 0.1) is 13.2 Å². The van der Waals surface area contributed by atoms with Crippen LogP contribution in [0.5, 0.6) is 0 Å². The zero-order valence-corrected chi connectivity index (χ0v) is 98.9. The third kappa shape index (κ3) is 78.5. The molecule has 0 N–H and O–H groups in total. The van der Waals surface area contributed by atoms with E-state index in [9.17, 15) is 0 Å². The summed E-state index contributed by atoms with van der Waals surface area (Å²) in [5.41, 5.74) is 13.8. The lowest BCUT2D eigenvalue weighted by molar-refractivity contribution is 0.0457. The third-order valence-electron chi connectivity index (χ3n) is 28.5. The summed E-state index contributed by atoms with van der Waals surface area (Å²) in [7, 11) is -3.35. The van der Waals surface area contributed by atoms with Crippen molar-refractivity contribution < 1.29 is 18.0 Å². The molecule has 0 aliphatic carbocycles. The predicted molar refractivity (Wildman–Crippen MR) is 623 cm³/mol. The van der Waals surface area contributed by atoms with Gasteiger partial charge in [-0.05, 0) is 223 Å². The van der Waals surface area contributed by atoms with Crippen LogP contribution >= 0.6 is 0 Å². The Kier molecular flexibility index (Phi) is 88.5. The van der Waals surface area contributed by atoms with Gasteiger partial charge in [0.2, 0.25) is 0 Å². The van der Waals surface area contributed by atoms with Crippen LogP contribution in [0, 0.1) is 80.5 Å². The maximum absolute atomic E-state index is 6.33. The summed E-state index contributed by atoms with van der Waals surface area (Å²) in [5, 5.41) is 0. The summed E-state index contributed by atoms with van der Waals surface area (Å²) in [4.78, 5) is 5.16. The molecule has 8 heteroatoms. The molecule has 136 heavy (non-hydrogen) atoms. The summed E-state index contributed by atoms with van der Waals surface area (Å²) in [6.07, 6.45) is 67.4. The topological polar surface area (TPSA) is 43.4 Å². The standard InChI is InChI=1S/C27H38N2.C20H18.C13H28.C12H30O2Si2.2C12H26.2C11H24.C10H22O2/c1-22-6-10-26(11-7-22)28-18-14-24(15-19-28)4-3-5-25-16-20-29(21-17-25)27-12-8-23(2)9-13-27;1-15-6-10-17(11-7-15)19-4-3-5-20(14-19)18-12-8-16(2)9-13-18;1-4-6-8-10-12-13(3)11-9-7-5-2;1-7-9-11-13-16(5,6)14-15(3,4)12-10-8-2;1-5-7-8-12(4)10-9-11(3)6-2;1-5-7-9-11-12(3,4)10-8-6-2;1-5-7-11(4)9-8-10(3)6-2;1-4-6-7-8-10-11(3)9-5-2;1-3-5-7-11-9-10-12-8-6-4-2/h6-13,24-25H,3-5,14-21H2,1-2H3;3-14H,1-2H3;13H,4-12H2,1-3H3;7-12H2,1-6H3;11-12H,5-10H2,1-4H3;5-11H2,1-4H3;10-11H,5-9H2,1-4H3;11H,4-10H2,1-3H3;3-10H2,1-2H3. The molecule has 2 heterocycles. The van der Waals surface area contributed by atoms with E-state index < -0.39 is 16.9 Å².